The van der Waals surface area contributed by atoms with Crippen LogP contribution in [0.1, 0.15) is 45.0 Å². The van der Waals surface area contributed by atoms with Crippen LogP contribution in [0, 0.1) is 0 Å². The fraction of sp³-hybridized carbons (Fsp3) is 0.385. The largest absolute Gasteiger partial charge is 0.477 e. The third kappa shape index (κ3) is 4.55. The maximum atomic E-state index is 13.6. The molecule has 32 heavy (non-hydrogen) atoms. The predicted molar refractivity (Wildman–Crippen MR) is 131 cm³/mol. The number of hydrogen-bond donors (Lipinski definition) is 1. The summed E-state index contributed by atoms with van der Waals surface area (Å²) in [5.41, 5.74) is 1.15. The van der Waals surface area contributed by atoms with Gasteiger partial charge in [-0.1, -0.05) is 36.4 Å². The third-order valence-electron chi connectivity index (χ3n) is 5.93. The second-order valence-corrected chi connectivity index (χ2v) is 8.53. The van der Waals surface area contributed by atoms with Crippen molar-refractivity contribution in [3.8, 4) is 5.69 Å². The van der Waals surface area contributed by atoms with E-state index in [4.69, 9.17) is 0 Å². The molecule has 3 rings (SSSR count). The van der Waals surface area contributed by atoms with Gasteiger partial charge in [0.15, 0.2) is 0 Å². The first-order chi connectivity index (χ1) is 15.3. The fourth-order valence-electron chi connectivity index (χ4n) is 4.46. The smallest absolute Gasteiger partial charge is 0.343 e. The molecule has 0 atom stereocenters. The Kier molecular flexibility index (Phi) is 7.36. The van der Waals surface area contributed by atoms with Crippen molar-refractivity contribution in [2.24, 2.45) is 0 Å². The lowest BCUT2D eigenvalue weighted by molar-refractivity contribution is 0.0695. The van der Waals surface area contributed by atoms with Crippen molar-refractivity contribution in [2.45, 2.75) is 46.7 Å². The molecular weight excluding hydrogens is 402 g/mol. The number of pyridine rings is 1. The van der Waals surface area contributed by atoms with Gasteiger partial charge in [-0.2, -0.15) is 0 Å². The van der Waals surface area contributed by atoms with E-state index in [1.165, 1.54) is 4.57 Å². The van der Waals surface area contributed by atoms with E-state index in [9.17, 15) is 14.7 Å². The van der Waals surface area contributed by atoms with E-state index >= 15 is 0 Å². The minimum absolute atomic E-state index is 0.185. The van der Waals surface area contributed by atoms with Crippen LogP contribution in [0.2, 0.25) is 0 Å². The maximum Gasteiger partial charge on any atom is 0.343 e. The number of rotatable bonds is 9. The van der Waals surface area contributed by atoms with Gasteiger partial charge in [-0.25, -0.2) is 4.79 Å². The van der Waals surface area contributed by atoms with E-state index in [2.05, 4.69) is 32.6 Å². The van der Waals surface area contributed by atoms with Crippen LogP contribution in [0.5, 0.6) is 0 Å². The Balaban J connectivity index is 2.24. The van der Waals surface area contributed by atoms with E-state index in [-0.39, 0.29) is 5.56 Å². The number of carbonyl (C=O) groups is 1. The summed E-state index contributed by atoms with van der Waals surface area (Å²) in [6, 6.07) is 17.5. The van der Waals surface area contributed by atoms with Gasteiger partial charge in [0.2, 0.25) is 0 Å². The van der Waals surface area contributed by atoms with Gasteiger partial charge in [0.25, 0.3) is 5.56 Å². The Morgan fingerprint density at radius 3 is 2.09 bits per heavy atom. The highest BCUT2D eigenvalue weighted by molar-refractivity contribution is 6.05. The minimum atomic E-state index is -1.21. The molecule has 6 nitrogen and oxygen atoms in total. The lowest BCUT2D eigenvalue weighted by Crippen LogP contribution is -2.43. The Labute approximate surface area is 189 Å². The minimum Gasteiger partial charge on any atom is -0.477 e. The van der Waals surface area contributed by atoms with E-state index in [0.29, 0.717) is 42.1 Å². The van der Waals surface area contributed by atoms with Gasteiger partial charge in [0.1, 0.15) is 5.56 Å². The first kappa shape index (κ1) is 23.5. The lowest BCUT2D eigenvalue weighted by atomic mass is 10.1. The van der Waals surface area contributed by atoms with Crippen molar-refractivity contribution in [3.05, 3.63) is 70.5 Å². The van der Waals surface area contributed by atoms with Gasteiger partial charge in [-0.05, 0) is 52.8 Å². The maximum absolute atomic E-state index is 13.6. The SMILES string of the molecule is CCN(CCN(C(C)C)C(C)C)c1c(C(=O)O)c(=O)n(-c2ccccc2)c2ccccc12. The number of hydrogen-bond acceptors (Lipinski definition) is 4. The first-order valence-corrected chi connectivity index (χ1v) is 11.2. The summed E-state index contributed by atoms with van der Waals surface area (Å²) in [5, 5.41) is 10.9. The Morgan fingerprint density at radius 1 is 0.938 bits per heavy atom. The van der Waals surface area contributed by atoms with Crippen molar-refractivity contribution in [2.75, 3.05) is 24.5 Å². The molecular formula is C26H33N3O3. The van der Waals surface area contributed by atoms with Gasteiger partial charge >= 0.3 is 5.97 Å². The summed E-state index contributed by atoms with van der Waals surface area (Å²) in [6.07, 6.45) is 0. The number of likely N-dealkylation sites (N-methyl/N-ethyl adjacent to an activating group) is 1. The summed E-state index contributed by atoms with van der Waals surface area (Å²) in [6.45, 7) is 12.7. The Morgan fingerprint density at radius 2 is 1.53 bits per heavy atom. The number of fused-ring (bicyclic) bond motifs is 1. The van der Waals surface area contributed by atoms with Crippen LogP contribution < -0.4 is 10.5 Å². The molecule has 0 spiro atoms. The molecule has 3 aromatic rings. The molecule has 0 amide bonds. The molecule has 0 aliphatic rings. The van der Waals surface area contributed by atoms with Crippen molar-refractivity contribution >= 4 is 22.6 Å². The summed E-state index contributed by atoms with van der Waals surface area (Å²) >= 11 is 0. The van der Waals surface area contributed by atoms with Crippen LogP contribution in [0.15, 0.2) is 59.4 Å². The number of carboxylic acid groups (broad SMARTS) is 1. The summed E-state index contributed by atoms with van der Waals surface area (Å²) in [5.74, 6) is -1.21. The topological polar surface area (TPSA) is 65.8 Å². The number of benzene rings is 2. The molecule has 0 fully saturated rings. The fourth-order valence-corrected chi connectivity index (χ4v) is 4.46. The van der Waals surface area contributed by atoms with Crippen LogP contribution in [-0.2, 0) is 0 Å². The number of aromatic nitrogens is 1. The van der Waals surface area contributed by atoms with E-state index in [1.807, 2.05) is 66.4 Å². The molecule has 0 aliphatic carbocycles. The molecule has 1 heterocycles. The van der Waals surface area contributed by atoms with Gasteiger partial charge < -0.3 is 10.0 Å². The Bertz CT molecular complexity index is 1130. The van der Waals surface area contributed by atoms with Crippen molar-refractivity contribution in [1.82, 2.24) is 9.47 Å². The normalized spacial score (nSPS) is 11.6. The molecule has 0 radical (unpaired) electrons. The molecule has 170 valence electrons. The highest BCUT2D eigenvalue weighted by Crippen LogP contribution is 2.30. The molecule has 0 saturated heterocycles. The van der Waals surface area contributed by atoms with Gasteiger partial charge in [-0.3, -0.25) is 14.3 Å². The zero-order chi connectivity index (χ0) is 23.4. The standard InChI is InChI=1S/C26H33N3O3/c1-6-27(16-17-28(18(2)3)19(4)5)24-21-14-10-11-15-22(21)29(20-12-8-7-9-13-20)25(30)23(24)26(31)32/h7-15,18-19H,6,16-17H2,1-5H3,(H,31,32). The summed E-state index contributed by atoms with van der Waals surface area (Å²) in [4.78, 5) is 30.4. The van der Waals surface area contributed by atoms with Crippen molar-refractivity contribution < 1.29 is 9.90 Å². The lowest BCUT2D eigenvalue weighted by Gasteiger charge is -2.34. The molecule has 6 heteroatoms. The highest BCUT2D eigenvalue weighted by Gasteiger charge is 2.26. The first-order valence-electron chi connectivity index (χ1n) is 11.2. The molecule has 1 aromatic heterocycles. The van der Waals surface area contributed by atoms with E-state index in [0.717, 1.165) is 11.9 Å². The monoisotopic (exact) mass is 435 g/mol. The van der Waals surface area contributed by atoms with Crippen LogP contribution in [0.4, 0.5) is 5.69 Å². The number of nitrogens with zero attached hydrogens (tertiary/aromatic N) is 3. The number of aromatic carboxylic acids is 1. The van der Waals surface area contributed by atoms with Gasteiger partial charge in [0, 0.05) is 42.8 Å². The molecule has 2 aromatic carbocycles. The van der Waals surface area contributed by atoms with Crippen molar-refractivity contribution in [3.63, 3.8) is 0 Å². The molecule has 1 N–H and O–H groups in total. The molecule has 0 aliphatic heterocycles. The number of carboxylic acids is 1. The second kappa shape index (κ2) is 10.0. The second-order valence-electron chi connectivity index (χ2n) is 8.53. The van der Waals surface area contributed by atoms with Crippen LogP contribution in [0.3, 0.4) is 0 Å². The zero-order valence-corrected chi connectivity index (χ0v) is 19.6. The summed E-state index contributed by atoms with van der Waals surface area (Å²) in [7, 11) is 0. The highest BCUT2D eigenvalue weighted by atomic mass is 16.4. The molecule has 0 saturated carbocycles. The van der Waals surface area contributed by atoms with Crippen LogP contribution in [0.25, 0.3) is 16.6 Å². The molecule has 0 unspecified atom stereocenters. The number of anilines is 1. The van der Waals surface area contributed by atoms with E-state index in [1.54, 1.807) is 0 Å². The Hall–Kier alpha value is -3.12. The van der Waals surface area contributed by atoms with Crippen LogP contribution in [-0.4, -0.2) is 52.3 Å². The average Bonchev–Trinajstić information content (AvgIpc) is 2.76. The van der Waals surface area contributed by atoms with Crippen molar-refractivity contribution in [1.29, 1.82) is 0 Å². The van der Waals surface area contributed by atoms with Crippen LogP contribution >= 0.6 is 0 Å². The summed E-state index contributed by atoms with van der Waals surface area (Å²) < 4.78 is 1.50. The van der Waals surface area contributed by atoms with Gasteiger partial charge in [0.05, 0.1) is 11.2 Å². The number of para-hydroxylation sites is 2. The third-order valence-corrected chi connectivity index (χ3v) is 5.93. The van der Waals surface area contributed by atoms with Gasteiger partial charge in [-0.15, -0.1) is 0 Å². The quantitative estimate of drug-likeness (QED) is 0.531. The molecule has 0 bridgehead atoms. The zero-order valence-electron chi connectivity index (χ0n) is 19.6. The predicted octanol–water partition coefficient (Wildman–Crippen LogP) is 4.63. The van der Waals surface area contributed by atoms with E-state index < -0.39 is 11.5 Å². The average molecular weight is 436 g/mol.